The number of hydrogen-bond donors (Lipinski definition) is 1. The molecule has 0 amide bonds. The zero-order valence-corrected chi connectivity index (χ0v) is 14.8. The summed E-state index contributed by atoms with van der Waals surface area (Å²) in [5.41, 5.74) is 2.12. The summed E-state index contributed by atoms with van der Waals surface area (Å²) in [6.45, 7) is 4.94. The molecule has 1 N–H and O–H groups in total. The van der Waals surface area contributed by atoms with Crippen LogP contribution < -0.4 is 4.74 Å². The number of ether oxygens (including phenoxy) is 1. The minimum absolute atomic E-state index is 0.101. The summed E-state index contributed by atoms with van der Waals surface area (Å²) in [6, 6.07) is 12.9. The molecule has 0 fully saturated rings. The Morgan fingerprint density at radius 1 is 1.08 bits per heavy atom. The van der Waals surface area contributed by atoms with Gasteiger partial charge in [0, 0.05) is 6.07 Å². The number of rotatable bonds is 8. The molecule has 3 aromatic rings. The maximum atomic E-state index is 10.3. The lowest BCUT2D eigenvalue weighted by Gasteiger charge is -2.28. The van der Waals surface area contributed by atoms with E-state index in [1.807, 2.05) is 30.3 Å². The summed E-state index contributed by atoms with van der Waals surface area (Å²) in [6.07, 6.45) is 4.49. The van der Waals surface area contributed by atoms with Crippen molar-refractivity contribution in [2.24, 2.45) is 0 Å². The van der Waals surface area contributed by atoms with Gasteiger partial charge in [-0.1, -0.05) is 38.8 Å². The van der Waals surface area contributed by atoms with E-state index in [0.717, 1.165) is 23.9 Å². The summed E-state index contributed by atoms with van der Waals surface area (Å²) < 4.78 is 5.84. The van der Waals surface area contributed by atoms with Crippen molar-refractivity contribution in [3.05, 3.63) is 48.4 Å². The average Bonchev–Trinajstić information content (AvgIpc) is 3.05. The van der Waals surface area contributed by atoms with Crippen LogP contribution in [0.15, 0.2) is 42.5 Å². The van der Waals surface area contributed by atoms with E-state index in [1.54, 1.807) is 12.1 Å². The SMILES string of the molecule is CCCC[C-](CC)COc1ccc(-n2nc3ccccc3n2)c(O)c1. The molecule has 0 unspecified atom stereocenters. The van der Waals surface area contributed by atoms with E-state index >= 15 is 0 Å². The number of aromatic nitrogens is 3. The van der Waals surface area contributed by atoms with Crippen LogP contribution in [0.4, 0.5) is 0 Å². The molecule has 1 aromatic heterocycles. The number of benzene rings is 2. The summed E-state index contributed by atoms with van der Waals surface area (Å²) in [5.74, 6) is 2.15. The number of fused-ring (bicyclic) bond motifs is 1. The van der Waals surface area contributed by atoms with Crippen molar-refractivity contribution in [2.75, 3.05) is 6.61 Å². The predicted octanol–water partition coefficient (Wildman–Crippen LogP) is 4.68. The summed E-state index contributed by atoms with van der Waals surface area (Å²) in [4.78, 5) is 1.45. The predicted molar refractivity (Wildman–Crippen MR) is 99.1 cm³/mol. The van der Waals surface area contributed by atoms with Crippen molar-refractivity contribution < 1.29 is 9.84 Å². The standard InChI is InChI=1S/C20H24N3O2/c1-3-5-8-15(4-2)14-25-16-11-12-19(20(24)13-16)23-21-17-9-6-7-10-18(17)22-23/h6-7,9-13,24H,3-5,8,14H2,1-2H3/q-1. The average molecular weight is 338 g/mol. The van der Waals surface area contributed by atoms with Crippen LogP contribution in [0, 0.1) is 5.92 Å². The molecular formula is C20H24N3O2-. The van der Waals surface area contributed by atoms with Gasteiger partial charge in [0.15, 0.2) is 0 Å². The lowest BCUT2D eigenvalue weighted by Crippen LogP contribution is -2.09. The molecule has 0 bridgehead atoms. The highest BCUT2D eigenvalue weighted by Gasteiger charge is 2.09. The van der Waals surface area contributed by atoms with Crippen LogP contribution in [-0.2, 0) is 0 Å². The number of phenolic OH excluding ortho intramolecular Hbond substituents is 1. The van der Waals surface area contributed by atoms with Gasteiger partial charge in [0.25, 0.3) is 0 Å². The van der Waals surface area contributed by atoms with Crippen LogP contribution in [0.5, 0.6) is 11.5 Å². The first-order chi connectivity index (χ1) is 12.2. The Morgan fingerprint density at radius 2 is 1.80 bits per heavy atom. The quantitative estimate of drug-likeness (QED) is 0.606. The van der Waals surface area contributed by atoms with Crippen LogP contribution in [0.3, 0.4) is 0 Å². The minimum Gasteiger partial charge on any atom is -0.525 e. The van der Waals surface area contributed by atoms with E-state index in [4.69, 9.17) is 4.74 Å². The molecule has 3 rings (SSSR count). The highest BCUT2D eigenvalue weighted by Crippen LogP contribution is 2.27. The van der Waals surface area contributed by atoms with E-state index in [0.29, 0.717) is 18.0 Å². The first-order valence-corrected chi connectivity index (χ1v) is 8.83. The van der Waals surface area contributed by atoms with Crippen molar-refractivity contribution in [3.63, 3.8) is 0 Å². The number of unbranched alkanes of at least 4 members (excludes halogenated alkanes) is 1. The highest BCUT2D eigenvalue weighted by molar-refractivity contribution is 5.73. The Morgan fingerprint density at radius 3 is 2.40 bits per heavy atom. The molecule has 25 heavy (non-hydrogen) atoms. The van der Waals surface area contributed by atoms with Gasteiger partial charge in [0.05, 0.1) is 0 Å². The van der Waals surface area contributed by atoms with Gasteiger partial charge in [-0.2, -0.15) is 12.8 Å². The molecule has 132 valence electrons. The number of nitrogens with zero attached hydrogens (tertiary/aromatic N) is 3. The number of aromatic hydroxyl groups is 1. The van der Waals surface area contributed by atoms with E-state index in [9.17, 15) is 5.11 Å². The second kappa shape index (κ2) is 8.01. The highest BCUT2D eigenvalue weighted by atomic mass is 16.5. The fourth-order valence-corrected chi connectivity index (χ4v) is 2.69. The van der Waals surface area contributed by atoms with Gasteiger partial charge in [-0.3, -0.25) is 5.92 Å². The lowest BCUT2D eigenvalue weighted by atomic mass is 10.0. The van der Waals surface area contributed by atoms with Crippen molar-refractivity contribution in [1.29, 1.82) is 0 Å². The molecule has 1 heterocycles. The van der Waals surface area contributed by atoms with Gasteiger partial charge in [0.2, 0.25) is 0 Å². The molecule has 0 aliphatic carbocycles. The fourth-order valence-electron chi connectivity index (χ4n) is 2.69. The molecule has 0 atom stereocenters. The van der Waals surface area contributed by atoms with E-state index in [2.05, 4.69) is 24.0 Å². The molecule has 0 radical (unpaired) electrons. The van der Waals surface area contributed by atoms with Crippen LogP contribution >= 0.6 is 0 Å². The Labute approximate surface area is 148 Å². The Kier molecular flexibility index (Phi) is 5.53. The maximum absolute atomic E-state index is 10.3. The minimum atomic E-state index is 0.101. The number of hydrogen-bond acceptors (Lipinski definition) is 4. The normalized spacial score (nSPS) is 11.3. The topological polar surface area (TPSA) is 60.2 Å². The third-order valence-electron chi connectivity index (χ3n) is 4.28. The zero-order valence-electron chi connectivity index (χ0n) is 14.8. The largest absolute Gasteiger partial charge is 0.525 e. The smallest absolute Gasteiger partial charge is 0.146 e. The molecule has 5 heteroatoms. The van der Waals surface area contributed by atoms with Crippen LogP contribution in [0.25, 0.3) is 16.7 Å². The summed E-state index contributed by atoms with van der Waals surface area (Å²) >= 11 is 0. The Balaban J connectivity index is 1.72. The molecular weight excluding hydrogens is 314 g/mol. The van der Waals surface area contributed by atoms with Gasteiger partial charge in [0.1, 0.15) is 28.2 Å². The van der Waals surface area contributed by atoms with Crippen LogP contribution in [0.1, 0.15) is 39.5 Å². The molecule has 0 spiro atoms. The first-order valence-electron chi connectivity index (χ1n) is 8.83. The number of phenols is 1. The summed E-state index contributed by atoms with van der Waals surface area (Å²) in [5, 5.41) is 19.1. The third kappa shape index (κ3) is 4.10. The Bertz CT molecular complexity index is 796. The summed E-state index contributed by atoms with van der Waals surface area (Å²) in [7, 11) is 0. The molecule has 0 aliphatic heterocycles. The molecule has 2 aromatic carbocycles. The van der Waals surface area contributed by atoms with Gasteiger partial charge < -0.3 is 9.84 Å². The monoisotopic (exact) mass is 338 g/mol. The first kappa shape index (κ1) is 17.3. The lowest BCUT2D eigenvalue weighted by molar-refractivity contribution is 0.314. The molecule has 0 saturated carbocycles. The van der Waals surface area contributed by atoms with E-state index in [-0.39, 0.29) is 5.75 Å². The maximum Gasteiger partial charge on any atom is 0.146 e. The van der Waals surface area contributed by atoms with Crippen LogP contribution in [0.2, 0.25) is 0 Å². The van der Waals surface area contributed by atoms with Gasteiger partial charge in [-0.25, -0.2) is 0 Å². The van der Waals surface area contributed by atoms with Gasteiger partial charge >= 0.3 is 0 Å². The van der Waals surface area contributed by atoms with Crippen molar-refractivity contribution in [2.45, 2.75) is 39.5 Å². The fraction of sp³-hybridized carbons (Fsp3) is 0.350. The third-order valence-corrected chi connectivity index (χ3v) is 4.28. The molecule has 0 aliphatic rings. The zero-order chi connectivity index (χ0) is 17.6. The Hall–Kier alpha value is -2.56. The van der Waals surface area contributed by atoms with E-state index in [1.165, 1.54) is 23.6 Å². The van der Waals surface area contributed by atoms with Crippen molar-refractivity contribution in [3.8, 4) is 17.2 Å². The van der Waals surface area contributed by atoms with E-state index < -0.39 is 0 Å². The van der Waals surface area contributed by atoms with Crippen molar-refractivity contribution >= 4 is 11.0 Å². The van der Waals surface area contributed by atoms with Gasteiger partial charge in [-0.15, -0.1) is 15.0 Å². The second-order valence-electron chi connectivity index (χ2n) is 6.12. The second-order valence-corrected chi connectivity index (χ2v) is 6.12. The van der Waals surface area contributed by atoms with Crippen LogP contribution in [-0.4, -0.2) is 26.7 Å². The molecule has 5 nitrogen and oxygen atoms in total. The molecule has 0 saturated heterocycles. The van der Waals surface area contributed by atoms with Gasteiger partial charge in [-0.05, 0) is 30.9 Å². The van der Waals surface area contributed by atoms with Crippen molar-refractivity contribution in [1.82, 2.24) is 15.0 Å².